The highest BCUT2D eigenvalue weighted by Gasteiger charge is 2.24. The third-order valence-corrected chi connectivity index (χ3v) is 5.95. The maximum absolute atomic E-state index is 12.4. The minimum atomic E-state index is -3.75. The van der Waals surface area contributed by atoms with E-state index in [1.54, 1.807) is 19.1 Å². The summed E-state index contributed by atoms with van der Waals surface area (Å²) in [5.74, 6) is -0.552. The summed E-state index contributed by atoms with van der Waals surface area (Å²) in [4.78, 5) is 12.9. The van der Waals surface area contributed by atoms with Crippen molar-refractivity contribution < 1.29 is 17.9 Å². The van der Waals surface area contributed by atoms with Crippen LogP contribution in [0.15, 0.2) is 29.2 Å². The number of nitrogens with one attached hydrogen (secondary N) is 1. The quantitative estimate of drug-likeness (QED) is 0.868. The zero-order valence-electron chi connectivity index (χ0n) is 12.8. The lowest BCUT2D eigenvalue weighted by Crippen LogP contribution is -2.15. The molecule has 2 aromatic rings. The number of carbonyl (C=O) groups excluding carboxylic acids is 1. The summed E-state index contributed by atoms with van der Waals surface area (Å²) in [7, 11) is -2.47. The van der Waals surface area contributed by atoms with Gasteiger partial charge in [-0.15, -0.1) is 11.3 Å². The zero-order valence-corrected chi connectivity index (χ0v) is 14.4. The number of anilines is 1. The highest BCUT2D eigenvalue weighted by molar-refractivity contribution is 7.93. The molecule has 0 saturated carbocycles. The highest BCUT2D eigenvalue weighted by atomic mass is 32.2. The van der Waals surface area contributed by atoms with Crippen LogP contribution in [0.4, 0.5) is 5.00 Å². The number of rotatable bonds is 4. The molecule has 22 heavy (non-hydrogen) atoms. The Hall–Kier alpha value is -1.86. The van der Waals surface area contributed by atoms with Gasteiger partial charge in [0.1, 0.15) is 5.00 Å². The molecule has 0 amide bonds. The predicted octanol–water partition coefficient (Wildman–Crippen LogP) is 3.26. The third kappa shape index (κ3) is 3.15. The van der Waals surface area contributed by atoms with Crippen molar-refractivity contribution in [3.8, 4) is 0 Å². The van der Waals surface area contributed by atoms with Crippen molar-refractivity contribution in [2.75, 3.05) is 11.8 Å². The van der Waals surface area contributed by atoms with E-state index >= 15 is 0 Å². The molecule has 0 aliphatic heterocycles. The summed E-state index contributed by atoms with van der Waals surface area (Å²) in [5.41, 5.74) is 1.95. The van der Waals surface area contributed by atoms with Gasteiger partial charge in [0.05, 0.1) is 17.6 Å². The van der Waals surface area contributed by atoms with Gasteiger partial charge in [-0.1, -0.05) is 17.7 Å². The number of aryl methyl sites for hydroxylation is 2. The normalized spacial score (nSPS) is 11.3. The van der Waals surface area contributed by atoms with Crippen molar-refractivity contribution in [3.05, 3.63) is 45.8 Å². The first kappa shape index (κ1) is 16.5. The van der Waals surface area contributed by atoms with Crippen LogP contribution in [0, 0.1) is 20.8 Å². The number of carbonyl (C=O) groups is 1. The van der Waals surface area contributed by atoms with Gasteiger partial charge in [0, 0.05) is 4.88 Å². The number of hydrogen-bond donors (Lipinski definition) is 1. The van der Waals surface area contributed by atoms with Crippen molar-refractivity contribution in [2.45, 2.75) is 25.7 Å². The summed E-state index contributed by atoms with van der Waals surface area (Å²) in [5, 5.41) is 0.280. The van der Waals surface area contributed by atoms with Gasteiger partial charge in [0.2, 0.25) is 0 Å². The molecule has 0 saturated heterocycles. The van der Waals surface area contributed by atoms with Gasteiger partial charge in [-0.3, -0.25) is 4.72 Å². The lowest BCUT2D eigenvalue weighted by Gasteiger charge is -2.08. The Morgan fingerprint density at radius 2 is 1.73 bits per heavy atom. The number of benzene rings is 1. The highest BCUT2D eigenvalue weighted by Crippen LogP contribution is 2.34. The third-order valence-electron chi connectivity index (χ3n) is 3.33. The van der Waals surface area contributed by atoms with E-state index in [0.717, 1.165) is 16.0 Å². The molecule has 0 fully saturated rings. The fraction of sp³-hybridized carbons (Fsp3) is 0.267. The van der Waals surface area contributed by atoms with Gasteiger partial charge in [-0.2, -0.15) is 0 Å². The fourth-order valence-electron chi connectivity index (χ4n) is 1.95. The molecule has 118 valence electrons. The molecule has 0 spiro atoms. The number of sulfonamides is 1. The molecule has 1 aromatic heterocycles. The maximum Gasteiger partial charge on any atom is 0.341 e. The molecule has 1 N–H and O–H groups in total. The molecule has 2 rings (SSSR count). The Labute approximate surface area is 134 Å². The topological polar surface area (TPSA) is 72.5 Å². The zero-order chi connectivity index (χ0) is 16.5. The summed E-state index contributed by atoms with van der Waals surface area (Å²) in [6.45, 7) is 5.48. The van der Waals surface area contributed by atoms with Crippen LogP contribution in [0.1, 0.15) is 26.4 Å². The van der Waals surface area contributed by atoms with Crippen LogP contribution in [0.2, 0.25) is 0 Å². The molecule has 1 aromatic carbocycles. The van der Waals surface area contributed by atoms with Gasteiger partial charge >= 0.3 is 5.97 Å². The van der Waals surface area contributed by atoms with Gasteiger partial charge < -0.3 is 4.74 Å². The van der Waals surface area contributed by atoms with E-state index in [-0.39, 0.29) is 15.5 Å². The van der Waals surface area contributed by atoms with Gasteiger partial charge in [0.15, 0.2) is 0 Å². The van der Waals surface area contributed by atoms with Gasteiger partial charge in [-0.05, 0) is 38.5 Å². The molecule has 1 heterocycles. The minimum Gasteiger partial charge on any atom is -0.465 e. The Morgan fingerprint density at radius 3 is 2.27 bits per heavy atom. The summed E-state index contributed by atoms with van der Waals surface area (Å²) >= 11 is 1.22. The van der Waals surface area contributed by atoms with E-state index < -0.39 is 16.0 Å². The van der Waals surface area contributed by atoms with E-state index in [1.165, 1.54) is 30.6 Å². The van der Waals surface area contributed by atoms with E-state index in [0.29, 0.717) is 0 Å². The fourth-order valence-corrected chi connectivity index (χ4v) is 4.30. The Bertz CT molecular complexity index is 805. The monoisotopic (exact) mass is 339 g/mol. The van der Waals surface area contributed by atoms with Crippen LogP contribution >= 0.6 is 11.3 Å². The van der Waals surface area contributed by atoms with Crippen molar-refractivity contribution in [3.63, 3.8) is 0 Å². The number of thiophene rings is 1. The van der Waals surface area contributed by atoms with E-state index in [1.807, 2.05) is 13.8 Å². The van der Waals surface area contributed by atoms with Crippen molar-refractivity contribution in [2.24, 2.45) is 0 Å². The molecular formula is C15H17NO4S2. The number of esters is 1. The molecular weight excluding hydrogens is 322 g/mol. The van der Waals surface area contributed by atoms with E-state index in [9.17, 15) is 13.2 Å². The lowest BCUT2D eigenvalue weighted by atomic mass is 10.2. The second kappa shape index (κ2) is 6.10. The van der Waals surface area contributed by atoms with E-state index in [2.05, 4.69) is 4.72 Å². The number of methoxy groups -OCH3 is 1. The number of ether oxygens (including phenoxy) is 1. The molecule has 0 radical (unpaired) electrons. The van der Waals surface area contributed by atoms with Crippen LogP contribution in [0.3, 0.4) is 0 Å². The second-order valence-corrected chi connectivity index (χ2v) is 7.80. The van der Waals surface area contributed by atoms with Crippen LogP contribution in [-0.2, 0) is 14.8 Å². The van der Waals surface area contributed by atoms with Crippen molar-refractivity contribution in [1.29, 1.82) is 0 Å². The smallest absolute Gasteiger partial charge is 0.341 e. The SMILES string of the molecule is COC(=O)c1c(NS(=O)(=O)c2ccc(C)cc2)sc(C)c1C. The maximum atomic E-state index is 12.4. The summed E-state index contributed by atoms with van der Waals surface area (Å²) in [6.07, 6.45) is 0. The lowest BCUT2D eigenvalue weighted by molar-refractivity contribution is 0.0601. The standard InChI is InChI=1S/C15H17NO4S2/c1-9-5-7-12(8-6-9)22(18,19)16-14-13(15(17)20-4)10(2)11(3)21-14/h5-8,16H,1-4H3. The first-order valence-corrected chi connectivity index (χ1v) is 8.84. The van der Waals surface area contributed by atoms with Gasteiger partial charge in [0.25, 0.3) is 10.0 Å². The van der Waals surface area contributed by atoms with Crippen LogP contribution in [0.5, 0.6) is 0 Å². The van der Waals surface area contributed by atoms with Crippen LogP contribution < -0.4 is 4.72 Å². The molecule has 0 atom stereocenters. The molecule has 7 heteroatoms. The first-order chi connectivity index (χ1) is 10.3. The van der Waals surface area contributed by atoms with Crippen LogP contribution in [0.25, 0.3) is 0 Å². The summed E-state index contributed by atoms with van der Waals surface area (Å²) in [6, 6.07) is 6.51. The largest absolute Gasteiger partial charge is 0.465 e. The van der Waals surface area contributed by atoms with Crippen LogP contribution in [-0.4, -0.2) is 21.5 Å². The predicted molar refractivity (Wildman–Crippen MR) is 87.1 cm³/mol. The molecule has 0 aliphatic rings. The molecule has 0 aliphatic carbocycles. The average molecular weight is 339 g/mol. The number of hydrogen-bond acceptors (Lipinski definition) is 5. The molecule has 0 unspecified atom stereocenters. The Morgan fingerprint density at radius 1 is 1.14 bits per heavy atom. The molecule has 0 bridgehead atoms. The second-order valence-electron chi connectivity index (χ2n) is 4.90. The van der Waals surface area contributed by atoms with Gasteiger partial charge in [-0.25, -0.2) is 13.2 Å². The summed E-state index contributed by atoms with van der Waals surface area (Å²) < 4.78 is 32.1. The van der Waals surface area contributed by atoms with Crippen molar-refractivity contribution >= 4 is 32.3 Å². The Balaban J connectivity index is 2.44. The van der Waals surface area contributed by atoms with E-state index in [4.69, 9.17) is 4.74 Å². The average Bonchev–Trinajstić information content (AvgIpc) is 2.72. The first-order valence-electron chi connectivity index (χ1n) is 6.54. The Kier molecular flexibility index (Phi) is 4.58. The minimum absolute atomic E-state index is 0.151. The van der Waals surface area contributed by atoms with Crippen molar-refractivity contribution in [1.82, 2.24) is 0 Å². The molecule has 5 nitrogen and oxygen atoms in total.